The number of aliphatic carboxylic acids is 1. The van der Waals surface area contributed by atoms with Gasteiger partial charge in [0.2, 0.25) is 0 Å². The molecule has 0 radical (unpaired) electrons. The van der Waals surface area contributed by atoms with Crippen LogP contribution in [0.3, 0.4) is 0 Å². The molecule has 0 aliphatic heterocycles. The molecular weight excluding hydrogens is 218 g/mol. The first-order chi connectivity index (χ1) is 8.17. The summed E-state index contributed by atoms with van der Waals surface area (Å²) in [4.78, 5) is 10.7. The van der Waals surface area contributed by atoms with Crippen LogP contribution in [0, 0.1) is 11.8 Å². The summed E-state index contributed by atoms with van der Waals surface area (Å²) in [5.74, 6) is 5.51. The lowest BCUT2D eigenvalue weighted by atomic mass is 10.1. The molecule has 0 unspecified atom stereocenters. The first-order valence-electron chi connectivity index (χ1n) is 5.25. The molecule has 0 heterocycles. The lowest BCUT2D eigenvalue weighted by Crippen LogP contribution is -2.02. The molecule has 0 saturated heterocycles. The second-order valence-corrected chi connectivity index (χ2v) is 3.44. The quantitative estimate of drug-likeness (QED) is 0.762. The van der Waals surface area contributed by atoms with Gasteiger partial charge in [0.05, 0.1) is 13.5 Å². The summed E-state index contributed by atoms with van der Waals surface area (Å²) < 4.78 is 5.10. The molecule has 1 rings (SSSR count). The smallest absolute Gasteiger partial charge is 0.307 e. The maximum atomic E-state index is 10.7. The maximum Gasteiger partial charge on any atom is 0.307 e. The number of methoxy groups -OCH3 is 1. The number of benzene rings is 1. The van der Waals surface area contributed by atoms with Gasteiger partial charge in [-0.2, -0.15) is 0 Å². The average Bonchev–Trinajstić information content (AvgIpc) is 2.29. The predicted molar refractivity (Wildman–Crippen MR) is 64.9 cm³/mol. The van der Waals surface area contributed by atoms with E-state index in [2.05, 4.69) is 11.8 Å². The van der Waals surface area contributed by atoms with E-state index >= 15 is 0 Å². The third-order valence-electron chi connectivity index (χ3n) is 2.12. The van der Waals surface area contributed by atoms with E-state index in [4.69, 9.17) is 15.6 Å². The first-order valence-corrected chi connectivity index (χ1v) is 5.25. The minimum atomic E-state index is -0.893. The van der Waals surface area contributed by atoms with Crippen molar-refractivity contribution >= 4 is 5.97 Å². The van der Waals surface area contributed by atoms with Gasteiger partial charge in [-0.15, -0.1) is 0 Å². The highest BCUT2D eigenvalue weighted by atomic mass is 16.5. The molecule has 0 spiro atoms. The Morgan fingerprint density at radius 3 is 2.88 bits per heavy atom. The van der Waals surface area contributed by atoms with E-state index < -0.39 is 5.97 Å². The zero-order valence-corrected chi connectivity index (χ0v) is 9.69. The van der Waals surface area contributed by atoms with Crippen molar-refractivity contribution in [2.75, 3.05) is 13.7 Å². The van der Waals surface area contributed by atoms with E-state index in [-0.39, 0.29) is 6.42 Å². The van der Waals surface area contributed by atoms with E-state index in [1.165, 1.54) is 7.11 Å². The number of hydrogen-bond donors (Lipinski definition) is 2. The van der Waals surface area contributed by atoms with Gasteiger partial charge in [-0.25, -0.2) is 0 Å². The first kappa shape index (κ1) is 13.1. The van der Waals surface area contributed by atoms with E-state index in [1.807, 2.05) is 0 Å². The van der Waals surface area contributed by atoms with Crippen LogP contribution in [-0.2, 0) is 11.2 Å². The zero-order chi connectivity index (χ0) is 12.7. The van der Waals surface area contributed by atoms with Crippen LogP contribution in [0.4, 0.5) is 0 Å². The average molecular weight is 233 g/mol. The van der Waals surface area contributed by atoms with Crippen molar-refractivity contribution in [2.45, 2.75) is 12.8 Å². The van der Waals surface area contributed by atoms with Crippen LogP contribution in [0.25, 0.3) is 0 Å². The Labute approximate surface area is 100 Å². The van der Waals surface area contributed by atoms with E-state index in [9.17, 15) is 4.79 Å². The molecule has 0 bridgehead atoms. The predicted octanol–water partition coefficient (Wildman–Crippen LogP) is 1.02. The highest BCUT2D eigenvalue weighted by molar-refractivity contribution is 5.71. The van der Waals surface area contributed by atoms with E-state index in [0.717, 1.165) is 5.56 Å². The molecule has 4 nitrogen and oxygen atoms in total. The van der Waals surface area contributed by atoms with Crippen molar-refractivity contribution in [1.29, 1.82) is 0 Å². The van der Waals surface area contributed by atoms with Crippen molar-refractivity contribution < 1.29 is 14.6 Å². The van der Waals surface area contributed by atoms with Gasteiger partial charge in [-0.05, 0) is 18.2 Å². The van der Waals surface area contributed by atoms with E-state index in [1.54, 1.807) is 18.2 Å². The monoisotopic (exact) mass is 233 g/mol. The van der Waals surface area contributed by atoms with Crippen LogP contribution < -0.4 is 10.5 Å². The van der Waals surface area contributed by atoms with E-state index in [0.29, 0.717) is 24.3 Å². The Morgan fingerprint density at radius 2 is 2.29 bits per heavy atom. The van der Waals surface area contributed by atoms with Gasteiger partial charge in [0.25, 0.3) is 0 Å². The maximum absolute atomic E-state index is 10.7. The van der Waals surface area contributed by atoms with Gasteiger partial charge in [0.15, 0.2) is 0 Å². The summed E-state index contributed by atoms with van der Waals surface area (Å²) in [6.45, 7) is 0.519. The van der Waals surface area contributed by atoms with Crippen LogP contribution in [-0.4, -0.2) is 24.7 Å². The number of carbonyl (C=O) groups is 1. The van der Waals surface area contributed by atoms with Gasteiger partial charge in [0.1, 0.15) is 5.75 Å². The lowest BCUT2D eigenvalue weighted by molar-refractivity contribution is -0.136. The summed E-state index contributed by atoms with van der Waals surface area (Å²) >= 11 is 0. The fourth-order valence-electron chi connectivity index (χ4n) is 1.39. The van der Waals surface area contributed by atoms with Crippen LogP contribution >= 0.6 is 0 Å². The molecule has 0 aromatic heterocycles. The van der Waals surface area contributed by atoms with Gasteiger partial charge in [0, 0.05) is 24.1 Å². The van der Waals surface area contributed by atoms with Crippen LogP contribution in [0.2, 0.25) is 0 Å². The van der Waals surface area contributed by atoms with Gasteiger partial charge < -0.3 is 15.6 Å². The second kappa shape index (κ2) is 6.56. The molecular formula is C13H15NO3. The molecule has 3 N–H and O–H groups in total. The highest BCUT2D eigenvalue weighted by Crippen LogP contribution is 2.20. The molecule has 0 saturated carbocycles. The van der Waals surface area contributed by atoms with Crippen LogP contribution in [0.15, 0.2) is 18.2 Å². The Hall–Kier alpha value is -1.99. The van der Waals surface area contributed by atoms with Crippen molar-refractivity contribution in [3.05, 3.63) is 29.3 Å². The fourth-order valence-corrected chi connectivity index (χ4v) is 1.39. The third-order valence-corrected chi connectivity index (χ3v) is 2.12. The van der Waals surface area contributed by atoms with Crippen molar-refractivity contribution in [3.8, 4) is 17.6 Å². The largest absolute Gasteiger partial charge is 0.496 e. The molecule has 0 aliphatic rings. The molecule has 1 aromatic carbocycles. The Bertz CT molecular complexity index is 457. The summed E-state index contributed by atoms with van der Waals surface area (Å²) in [5.41, 5.74) is 6.73. The number of rotatable bonds is 4. The third kappa shape index (κ3) is 4.17. The molecule has 4 heteroatoms. The highest BCUT2D eigenvalue weighted by Gasteiger charge is 2.07. The molecule has 17 heavy (non-hydrogen) atoms. The topological polar surface area (TPSA) is 72.5 Å². The molecule has 0 amide bonds. The zero-order valence-electron chi connectivity index (χ0n) is 9.69. The number of nitrogens with two attached hydrogens (primary N) is 1. The summed E-state index contributed by atoms with van der Waals surface area (Å²) in [5, 5.41) is 8.78. The molecule has 0 atom stereocenters. The van der Waals surface area contributed by atoms with Gasteiger partial charge >= 0.3 is 5.97 Å². The minimum absolute atomic E-state index is 0.0738. The Balaban J connectivity index is 2.97. The number of hydrogen-bond acceptors (Lipinski definition) is 3. The normalized spacial score (nSPS) is 9.29. The van der Waals surface area contributed by atoms with Gasteiger partial charge in [-0.3, -0.25) is 4.79 Å². The SMILES string of the molecule is COc1ccc(C#CCCN)cc1CC(=O)O. The van der Waals surface area contributed by atoms with Crippen molar-refractivity contribution in [3.63, 3.8) is 0 Å². The van der Waals surface area contributed by atoms with Crippen molar-refractivity contribution in [2.24, 2.45) is 5.73 Å². The molecule has 0 aliphatic carbocycles. The molecule has 0 fully saturated rings. The number of carboxylic acid groups (broad SMARTS) is 1. The fraction of sp³-hybridized carbons (Fsp3) is 0.308. The molecule has 90 valence electrons. The number of carboxylic acids is 1. The number of ether oxygens (including phenoxy) is 1. The summed E-state index contributed by atoms with van der Waals surface area (Å²) in [6, 6.07) is 5.26. The van der Waals surface area contributed by atoms with Crippen molar-refractivity contribution in [1.82, 2.24) is 0 Å². The lowest BCUT2D eigenvalue weighted by Gasteiger charge is -2.06. The second-order valence-electron chi connectivity index (χ2n) is 3.44. The van der Waals surface area contributed by atoms with Crippen LogP contribution in [0.5, 0.6) is 5.75 Å². The van der Waals surface area contributed by atoms with Gasteiger partial charge in [-0.1, -0.05) is 11.8 Å². The summed E-state index contributed by atoms with van der Waals surface area (Å²) in [6.07, 6.45) is 0.551. The Morgan fingerprint density at radius 1 is 1.53 bits per heavy atom. The minimum Gasteiger partial charge on any atom is -0.496 e. The Kier molecular flexibility index (Phi) is 5.05. The standard InChI is InChI=1S/C13H15NO3/c1-17-12-6-5-10(4-2-3-7-14)8-11(12)9-13(15)16/h5-6,8H,3,7,9,14H2,1H3,(H,15,16). The summed E-state index contributed by atoms with van der Waals surface area (Å²) in [7, 11) is 1.51. The molecule has 1 aromatic rings. The van der Waals surface area contributed by atoms with Crippen LogP contribution in [0.1, 0.15) is 17.5 Å².